The van der Waals surface area contributed by atoms with Gasteiger partial charge in [-0.25, -0.2) is 5.06 Å². The SMILES string of the molecule is CCCCCC(C(=O)NCNC(=O)c1ccc(-c2cccc(C3(C)CC3)c2)o1)[C@@H](CC)N(O)C=O. The van der Waals surface area contributed by atoms with Crippen LogP contribution in [0, 0.1) is 5.92 Å². The van der Waals surface area contributed by atoms with Gasteiger partial charge < -0.3 is 15.1 Å². The molecule has 3 N–H and O–H groups in total. The number of hydroxylamine groups is 2. The highest BCUT2D eigenvalue weighted by atomic mass is 16.5. The number of benzene rings is 1. The Hall–Kier alpha value is -3.13. The Morgan fingerprint density at radius 1 is 1.17 bits per heavy atom. The molecule has 0 spiro atoms. The van der Waals surface area contributed by atoms with E-state index in [-0.39, 0.29) is 23.8 Å². The predicted molar refractivity (Wildman–Crippen MR) is 133 cm³/mol. The molecule has 3 rings (SSSR count). The molecule has 1 unspecified atom stereocenters. The van der Waals surface area contributed by atoms with E-state index in [9.17, 15) is 19.6 Å². The normalized spacial score (nSPS) is 15.7. The molecule has 2 aromatic rings. The van der Waals surface area contributed by atoms with Gasteiger partial charge in [0.05, 0.1) is 18.6 Å². The van der Waals surface area contributed by atoms with Crippen molar-refractivity contribution in [2.45, 2.75) is 77.2 Å². The van der Waals surface area contributed by atoms with Crippen molar-refractivity contribution < 1.29 is 24.0 Å². The van der Waals surface area contributed by atoms with Crippen LogP contribution in [0.2, 0.25) is 0 Å². The van der Waals surface area contributed by atoms with Crippen LogP contribution in [-0.4, -0.2) is 41.2 Å². The van der Waals surface area contributed by atoms with E-state index in [1.807, 2.05) is 19.1 Å². The van der Waals surface area contributed by atoms with Gasteiger partial charge in [-0.1, -0.05) is 58.2 Å². The van der Waals surface area contributed by atoms with Crippen molar-refractivity contribution in [1.29, 1.82) is 0 Å². The summed E-state index contributed by atoms with van der Waals surface area (Å²) >= 11 is 0. The number of nitrogens with one attached hydrogen (secondary N) is 2. The summed E-state index contributed by atoms with van der Waals surface area (Å²) in [5, 5.41) is 15.8. The van der Waals surface area contributed by atoms with Crippen molar-refractivity contribution in [2.75, 3.05) is 6.67 Å². The van der Waals surface area contributed by atoms with Crippen LogP contribution in [-0.2, 0) is 15.0 Å². The first kappa shape index (κ1) is 26.5. The number of hydrogen-bond acceptors (Lipinski definition) is 5. The van der Waals surface area contributed by atoms with E-state index < -0.39 is 17.9 Å². The number of hydrogen-bond donors (Lipinski definition) is 3. The quantitative estimate of drug-likeness (QED) is 0.119. The van der Waals surface area contributed by atoms with E-state index in [0.29, 0.717) is 30.1 Å². The number of amides is 3. The molecule has 1 saturated carbocycles. The van der Waals surface area contributed by atoms with Crippen molar-refractivity contribution in [2.24, 2.45) is 5.92 Å². The standard InChI is InChI=1S/C27H37N3O5/c1-4-6-7-11-21(22(5-2)30(34)18-31)25(32)28-17-29-26(33)24-13-12-23(35-24)19-9-8-10-20(16-19)27(3)14-15-27/h8-10,12-13,16,18,21-22,34H,4-7,11,14-15,17H2,1-3H3,(H,28,32)(H,29,33)/t21?,22-/m1/s1. The highest BCUT2D eigenvalue weighted by molar-refractivity contribution is 5.92. The van der Waals surface area contributed by atoms with E-state index in [1.54, 1.807) is 12.1 Å². The summed E-state index contributed by atoms with van der Waals surface area (Å²) in [5.41, 5.74) is 2.44. The number of rotatable bonds is 14. The third kappa shape index (κ3) is 6.72. The lowest BCUT2D eigenvalue weighted by Crippen LogP contribution is -2.47. The topological polar surface area (TPSA) is 112 Å². The molecule has 2 atom stereocenters. The Kier molecular flexibility index (Phi) is 9.09. The first-order valence-corrected chi connectivity index (χ1v) is 12.5. The molecule has 3 amide bonds. The van der Waals surface area contributed by atoms with E-state index >= 15 is 0 Å². The van der Waals surface area contributed by atoms with Gasteiger partial charge in [0.15, 0.2) is 5.76 Å². The van der Waals surface area contributed by atoms with Crippen molar-refractivity contribution in [3.05, 3.63) is 47.7 Å². The second-order valence-corrected chi connectivity index (χ2v) is 9.59. The minimum Gasteiger partial charge on any atom is -0.451 e. The molecular formula is C27H37N3O5. The highest BCUT2D eigenvalue weighted by Crippen LogP contribution is 2.48. The third-order valence-electron chi connectivity index (χ3n) is 6.97. The molecule has 1 fully saturated rings. The number of carbonyl (C=O) groups is 3. The lowest BCUT2D eigenvalue weighted by Gasteiger charge is -2.29. The summed E-state index contributed by atoms with van der Waals surface area (Å²) < 4.78 is 5.79. The summed E-state index contributed by atoms with van der Waals surface area (Å²) in [6.07, 6.45) is 6.40. The number of furan rings is 1. The summed E-state index contributed by atoms with van der Waals surface area (Å²) in [6.45, 7) is 6.04. The van der Waals surface area contributed by atoms with Crippen LogP contribution >= 0.6 is 0 Å². The van der Waals surface area contributed by atoms with Gasteiger partial charge in [-0.3, -0.25) is 19.6 Å². The lowest BCUT2D eigenvalue weighted by atomic mass is 9.90. The maximum Gasteiger partial charge on any atom is 0.288 e. The Balaban J connectivity index is 1.57. The fourth-order valence-corrected chi connectivity index (χ4v) is 4.42. The first-order chi connectivity index (χ1) is 16.8. The number of nitrogens with zero attached hydrogens (tertiary/aromatic N) is 1. The predicted octanol–water partition coefficient (Wildman–Crippen LogP) is 4.62. The van der Waals surface area contributed by atoms with Gasteiger partial charge in [0, 0.05) is 5.56 Å². The molecule has 1 aromatic carbocycles. The zero-order chi connectivity index (χ0) is 25.4. The molecule has 0 bridgehead atoms. The van der Waals surface area contributed by atoms with E-state index in [0.717, 1.165) is 24.8 Å². The molecule has 8 nitrogen and oxygen atoms in total. The van der Waals surface area contributed by atoms with E-state index in [1.165, 1.54) is 18.4 Å². The van der Waals surface area contributed by atoms with Crippen molar-refractivity contribution >= 4 is 18.2 Å². The Morgan fingerprint density at radius 2 is 1.94 bits per heavy atom. The van der Waals surface area contributed by atoms with Gasteiger partial charge in [-0.15, -0.1) is 0 Å². The summed E-state index contributed by atoms with van der Waals surface area (Å²) in [6, 6.07) is 11.0. The minimum atomic E-state index is -0.624. The van der Waals surface area contributed by atoms with Crippen molar-refractivity contribution in [1.82, 2.24) is 15.7 Å². The van der Waals surface area contributed by atoms with Crippen LogP contribution in [0.5, 0.6) is 0 Å². The Morgan fingerprint density at radius 3 is 2.60 bits per heavy atom. The van der Waals surface area contributed by atoms with Gasteiger partial charge in [0.1, 0.15) is 5.76 Å². The van der Waals surface area contributed by atoms with Crippen molar-refractivity contribution in [3.8, 4) is 11.3 Å². The lowest BCUT2D eigenvalue weighted by molar-refractivity contribution is -0.168. The molecule has 1 heterocycles. The maximum atomic E-state index is 12.8. The summed E-state index contributed by atoms with van der Waals surface area (Å²) in [4.78, 5) is 36.5. The van der Waals surface area contributed by atoms with Crippen LogP contribution in [0.1, 0.15) is 81.8 Å². The van der Waals surface area contributed by atoms with Crippen LogP contribution in [0.25, 0.3) is 11.3 Å². The molecule has 1 aliphatic rings. The molecule has 8 heteroatoms. The minimum absolute atomic E-state index is 0.0885. The van der Waals surface area contributed by atoms with E-state index in [2.05, 4.69) is 36.6 Å². The smallest absolute Gasteiger partial charge is 0.288 e. The van der Waals surface area contributed by atoms with Crippen LogP contribution < -0.4 is 10.6 Å². The second-order valence-electron chi connectivity index (χ2n) is 9.59. The average molecular weight is 484 g/mol. The summed E-state index contributed by atoms with van der Waals surface area (Å²) in [7, 11) is 0. The molecule has 190 valence electrons. The molecule has 0 aliphatic heterocycles. The van der Waals surface area contributed by atoms with Gasteiger partial charge in [-0.05, 0) is 54.9 Å². The molecule has 1 aliphatic carbocycles. The monoisotopic (exact) mass is 483 g/mol. The third-order valence-corrected chi connectivity index (χ3v) is 6.97. The molecule has 35 heavy (non-hydrogen) atoms. The fourth-order valence-electron chi connectivity index (χ4n) is 4.42. The first-order valence-electron chi connectivity index (χ1n) is 12.5. The van der Waals surface area contributed by atoms with Crippen LogP contribution in [0.4, 0.5) is 0 Å². The molecular weight excluding hydrogens is 446 g/mol. The highest BCUT2D eigenvalue weighted by Gasteiger charge is 2.39. The summed E-state index contributed by atoms with van der Waals surface area (Å²) in [5.74, 6) is -0.558. The van der Waals surface area contributed by atoms with Crippen LogP contribution in [0.15, 0.2) is 40.8 Å². The number of carbonyl (C=O) groups excluding carboxylic acids is 3. The zero-order valence-corrected chi connectivity index (χ0v) is 20.9. The Labute approximate surface area is 207 Å². The molecule has 0 radical (unpaired) electrons. The number of unbranched alkanes of at least 4 members (excludes halogenated alkanes) is 2. The van der Waals surface area contributed by atoms with Crippen molar-refractivity contribution in [3.63, 3.8) is 0 Å². The van der Waals surface area contributed by atoms with Gasteiger partial charge in [0.2, 0.25) is 12.3 Å². The van der Waals surface area contributed by atoms with Crippen LogP contribution in [0.3, 0.4) is 0 Å². The largest absolute Gasteiger partial charge is 0.451 e. The van der Waals surface area contributed by atoms with Gasteiger partial charge in [-0.2, -0.15) is 0 Å². The zero-order valence-electron chi connectivity index (χ0n) is 20.9. The molecule has 1 aromatic heterocycles. The van der Waals surface area contributed by atoms with E-state index in [4.69, 9.17) is 4.42 Å². The van der Waals surface area contributed by atoms with Gasteiger partial charge in [0.25, 0.3) is 5.91 Å². The average Bonchev–Trinajstić information content (AvgIpc) is 3.42. The van der Waals surface area contributed by atoms with Gasteiger partial charge >= 0.3 is 0 Å². The molecule has 0 saturated heterocycles. The second kappa shape index (κ2) is 12.0. The fraction of sp³-hybridized carbons (Fsp3) is 0.519. The maximum absolute atomic E-state index is 12.8. The Bertz CT molecular complexity index is 1010.